The Hall–Kier alpha value is -2.45. The summed E-state index contributed by atoms with van der Waals surface area (Å²) in [6.45, 7) is 2.19. The van der Waals surface area contributed by atoms with Crippen LogP contribution in [0.25, 0.3) is 11.4 Å². The number of fused-ring (bicyclic) bond motifs is 1. The molecule has 8 heteroatoms. The van der Waals surface area contributed by atoms with Crippen LogP contribution in [0.1, 0.15) is 16.8 Å². The summed E-state index contributed by atoms with van der Waals surface area (Å²) in [4.78, 5) is 34.4. The molecule has 0 amide bonds. The van der Waals surface area contributed by atoms with E-state index >= 15 is 0 Å². The van der Waals surface area contributed by atoms with Crippen LogP contribution in [-0.2, 0) is 19.5 Å². The van der Waals surface area contributed by atoms with Crippen LogP contribution in [0.5, 0.6) is 0 Å². The van der Waals surface area contributed by atoms with Crippen LogP contribution in [0, 0.1) is 0 Å². The molecule has 1 N–H and O–H groups in total. The standard InChI is InChI=1S/C17H15BrN6O/c18-15-2-1-11(5-21-15)8-24-4-3-14-13(9-24)17(25)23-16(22-14)12-6-19-10-20-7-12/h1-2,5-7,10H,3-4,8-9H2,(H,22,23,25). The molecule has 0 aliphatic carbocycles. The normalized spacial score (nSPS) is 14.3. The van der Waals surface area contributed by atoms with E-state index in [1.54, 1.807) is 12.4 Å². The molecule has 0 saturated heterocycles. The van der Waals surface area contributed by atoms with Gasteiger partial charge in [-0.05, 0) is 27.6 Å². The molecule has 0 fully saturated rings. The number of halogens is 1. The maximum Gasteiger partial charge on any atom is 0.255 e. The Bertz CT molecular complexity index is 942. The average molecular weight is 399 g/mol. The van der Waals surface area contributed by atoms with Crippen molar-refractivity contribution in [1.29, 1.82) is 0 Å². The number of aromatic amines is 1. The van der Waals surface area contributed by atoms with Gasteiger partial charge in [-0.25, -0.2) is 19.9 Å². The van der Waals surface area contributed by atoms with Crippen LogP contribution >= 0.6 is 15.9 Å². The first-order chi connectivity index (χ1) is 12.2. The molecule has 0 unspecified atom stereocenters. The van der Waals surface area contributed by atoms with Gasteiger partial charge in [-0.2, -0.15) is 0 Å². The topological polar surface area (TPSA) is 87.7 Å². The number of nitrogens with zero attached hydrogens (tertiary/aromatic N) is 5. The molecule has 1 aliphatic heterocycles. The van der Waals surface area contributed by atoms with Gasteiger partial charge in [0.15, 0.2) is 0 Å². The molecule has 0 atom stereocenters. The molecule has 4 heterocycles. The van der Waals surface area contributed by atoms with Crippen molar-refractivity contribution >= 4 is 15.9 Å². The van der Waals surface area contributed by atoms with Gasteiger partial charge in [0, 0.05) is 44.6 Å². The van der Waals surface area contributed by atoms with E-state index in [4.69, 9.17) is 0 Å². The van der Waals surface area contributed by atoms with E-state index in [9.17, 15) is 4.79 Å². The van der Waals surface area contributed by atoms with Gasteiger partial charge in [0.2, 0.25) is 0 Å². The maximum atomic E-state index is 12.5. The smallest absolute Gasteiger partial charge is 0.255 e. The lowest BCUT2D eigenvalue weighted by atomic mass is 10.1. The highest BCUT2D eigenvalue weighted by molar-refractivity contribution is 9.10. The van der Waals surface area contributed by atoms with Crippen LogP contribution in [0.2, 0.25) is 0 Å². The molecule has 126 valence electrons. The van der Waals surface area contributed by atoms with E-state index in [2.05, 4.69) is 45.7 Å². The zero-order chi connectivity index (χ0) is 17.2. The second-order valence-corrected chi connectivity index (χ2v) is 6.73. The molecule has 3 aromatic heterocycles. The fourth-order valence-electron chi connectivity index (χ4n) is 2.93. The fraction of sp³-hybridized carbons (Fsp3) is 0.235. The van der Waals surface area contributed by atoms with E-state index < -0.39 is 0 Å². The van der Waals surface area contributed by atoms with Gasteiger partial charge >= 0.3 is 0 Å². The third-order valence-corrected chi connectivity index (χ3v) is 4.65. The Kier molecular flexibility index (Phi) is 4.37. The summed E-state index contributed by atoms with van der Waals surface area (Å²) in [6.07, 6.45) is 7.33. The Morgan fingerprint density at radius 1 is 1.20 bits per heavy atom. The van der Waals surface area contributed by atoms with Gasteiger partial charge in [0.1, 0.15) is 16.8 Å². The molecule has 1 aliphatic rings. The van der Waals surface area contributed by atoms with Gasteiger partial charge in [-0.1, -0.05) is 6.07 Å². The van der Waals surface area contributed by atoms with Crippen LogP contribution in [0.4, 0.5) is 0 Å². The third kappa shape index (κ3) is 3.49. The Morgan fingerprint density at radius 2 is 2.04 bits per heavy atom. The van der Waals surface area contributed by atoms with E-state index in [0.29, 0.717) is 17.9 Å². The molecule has 3 aromatic rings. The first-order valence-electron chi connectivity index (χ1n) is 7.89. The lowest BCUT2D eigenvalue weighted by Gasteiger charge is -2.27. The summed E-state index contributed by atoms with van der Waals surface area (Å²) in [5.41, 5.74) is 3.33. The molecule has 7 nitrogen and oxygen atoms in total. The third-order valence-electron chi connectivity index (χ3n) is 4.18. The van der Waals surface area contributed by atoms with Crippen LogP contribution in [0.3, 0.4) is 0 Å². The first-order valence-corrected chi connectivity index (χ1v) is 8.68. The van der Waals surface area contributed by atoms with Gasteiger partial charge in [-0.3, -0.25) is 9.69 Å². The van der Waals surface area contributed by atoms with Crippen LogP contribution < -0.4 is 5.56 Å². The number of hydrogen-bond acceptors (Lipinski definition) is 6. The van der Waals surface area contributed by atoms with Crippen molar-refractivity contribution in [1.82, 2.24) is 29.8 Å². The minimum atomic E-state index is -0.0949. The van der Waals surface area contributed by atoms with Crippen LogP contribution in [0.15, 0.2) is 46.4 Å². The van der Waals surface area contributed by atoms with Crippen molar-refractivity contribution < 1.29 is 0 Å². The van der Waals surface area contributed by atoms with E-state index in [1.807, 2.05) is 18.3 Å². The van der Waals surface area contributed by atoms with Gasteiger partial charge in [0.25, 0.3) is 5.56 Å². The SMILES string of the molecule is O=c1[nH]c(-c2cncnc2)nc2c1CN(Cc1ccc(Br)nc1)CC2. The maximum absolute atomic E-state index is 12.5. The highest BCUT2D eigenvalue weighted by Crippen LogP contribution is 2.19. The molecular weight excluding hydrogens is 384 g/mol. The van der Waals surface area contributed by atoms with Crippen molar-refractivity contribution in [3.05, 3.63) is 68.8 Å². The quantitative estimate of drug-likeness (QED) is 0.678. The van der Waals surface area contributed by atoms with E-state index in [0.717, 1.165) is 40.9 Å². The lowest BCUT2D eigenvalue weighted by molar-refractivity contribution is 0.241. The summed E-state index contributed by atoms with van der Waals surface area (Å²) in [7, 11) is 0. The van der Waals surface area contributed by atoms with E-state index in [-0.39, 0.29) is 5.56 Å². The highest BCUT2D eigenvalue weighted by atomic mass is 79.9. The summed E-state index contributed by atoms with van der Waals surface area (Å²) < 4.78 is 0.818. The number of nitrogens with one attached hydrogen (secondary N) is 1. The van der Waals surface area contributed by atoms with E-state index in [1.165, 1.54) is 6.33 Å². The lowest BCUT2D eigenvalue weighted by Crippen LogP contribution is -2.35. The average Bonchev–Trinajstić information content (AvgIpc) is 2.65. The molecule has 25 heavy (non-hydrogen) atoms. The van der Waals surface area contributed by atoms with Gasteiger partial charge in [-0.15, -0.1) is 0 Å². The van der Waals surface area contributed by atoms with Gasteiger partial charge in [0.05, 0.1) is 16.8 Å². The molecular formula is C17H15BrN6O. The summed E-state index contributed by atoms with van der Waals surface area (Å²) in [5.74, 6) is 0.523. The number of aromatic nitrogens is 5. The van der Waals surface area contributed by atoms with Gasteiger partial charge < -0.3 is 4.98 Å². The number of hydrogen-bond donors (Lipinski definition) is 1. The molecule has 0 aromatic carbocycles. The fourth-order valence-corrected chi connectivity index (χ4v) is 3.17. The second-order valence-electron chi connectivity index (χ2n) is 5.92. The zero-order valence-corrected chi connectivity index (χ0v) is 14.9. The first kappa shape index (κ1) is 16.0. The number of pyridine rings is 1. The molecule has 4 rings (SSSR count). The van der Waals surface area contributed by atoms with Crippen LogP contribution in [-0.4, -0.2) is 36.4 Å². The Labute approximate surface area is 152 Å². The summed E-state index contributed by atoms with van der Waals surface area (Å²) >= 11 is 3.34. The molecule has 0 radical (unpaired) electrons. The van der Waals surface area contributed by atoms with Crippen molar-refractivity contribution in [3.63, 3.8) is 0 Å². The van der Waals surface area contributed by atoms with Crippen molar-refractivity contribution in [2.45, 2.75) is 19.5 Å². The molecule has 0 spiro atoms. The zero-order valence-electron chi connectivity index (χ0n) is 13.3. The predicted molar refractivity (Wildman–Crippen MR) is 95.6 cm³/mol. The Balaban J connectivity index is 1.57. The van der Waals surface area contributed by atoms with Crippen molar-refractivity contribution in [3.8, 4) is 11.4 Å². The predicted octanol–water partition coefficient (Wildman–Crippen LogP) is 1.94. The highest BCUT2D eigenvalue weighted by Gasteiger charge is 2.21. The second kappa shape index (κ2) is 6.81. The summed E-state index contributed by atoms with van der Waals surface area (Å²) in [6, 6.07) is 3.96. The monoisotopic (exact) mass is 398 g/mol. The Morgan fingerprint density at radius 3 is 2.80 bits per heavy atom. The summed E-state index contributed by atoms with van der Waals surface area (Å²) in [5, 5.41) is 0. The molecule has 0 saturated carbocycles. The minimum absolute atomic E-state index is 0.0949. The number of H-pyrrole nitrogens is 1. The number of rotatable bonds is 3. The van der Waals surface area contributed by atoms with Crippen molar-refractivity contribution in [2.75, 3.05) is 6.54 Å². The molecule has 0 bridgehead atoms. The minimum Gasteiger partial charge on any atom is -0.306 e. The largest absolute Gasteiger partial charge is 0.306 e. The van der Waals surface area contributed by atoms with Crippen molar-refractivity contribution in [2.24, 2.45) is 0 Å².